The number of carbonyl (C=O) groups is 1. The van der Waals surface area contributed by atoms with Crippen LogP contribution in [0.4, 0.5) is 5.82 Å². The lowest BCUT2D eigenvalue weighted by molar-refractivity contribution is -0.136. The van der Waals surface area contributed by atoms with Crippen LogP contribution in [0.1, 0.15) is 51.2 Å². The summed E-state index contributed by atoms with van der Waals surface area (Å²) in [6, 6.07) is 8.43. The highest BCUT2D eigenvalue weighted by atomic mass is 16.5. The summed E-state index contributed by atoms with van der Waals surface area (Å²) < 4.78 is 7.27. The average Bonchev–Trinajstić information content (AvgIpc) is 3.17. The van der Waals surface area contributed by atoms with E-state index in [4.69, 9.17) is 15.6 Å². The van der Waals surface area contributed by atoms with Crippen LogP contribution in [0.25, 0.3) is 11.2 Å². The van der Waals surface area contributed by atoms with Gasteiger partial charge in [-0.3, -0.25) is 19.2 Å². The normalized spacial score (nSPS) is 14.4. The lowest BCUT2D eigenvalue weighted by Gasteiger charge is -2.46. The molecule has 212 valence electrons. The Balaban J connectivity index is 1.44. The van der Waals surface area contributed by atoms with E-state index in [9.17, 15) is 9.59 Å². The van der Waals surface area contributed by atoms with E-state index in [1.54, 1.807) is 4.57 Å². The van der Waals surface area contributed by atoms with Crippen LogP contribution in [0.3, 0.4) is 0 Å². The smallest absolute Gasteiger partial charge is 0.327 e. The topological polar surface area (TPSA) is 143 Å². The van der Waals surface area contributed by atoms with E-state index >= 15 is 0 Å². The molecule has 0 unspecified atom stereocenters. The predicted molar refractivity (Wildman–Crippen MR) is 151 cm³/mol. The minimum absolute atomic E-state index is 0.0234. The second-order valence-electron chi connectivity index (χ2n) is 10.9. The number of imidazole rings is 1. The molecule has 1 aliphatic rings. The van der Waals surface area contributed by atoms with E-state index in [2.05, 4.69) is 45.5 Å². The first-order chi connectivity index (χ1) is 18.7. The number of hydrogen-bond donors (Lipinski definition) is 3. The fraction of sp³-hybridized carbons (Fsp3) is 0.571. The van der Waals surface area contributed by atoms with E-state index < -0.39 is 5.97 Å². The first-order valence-electron chi connectivity index (χ1n) is 13.9. The van der Waals surface area contributed by atoms with Gasteiger partial charge >= 0.3 is 17.7 Å². The number of nitrogens with one attached hydrogen (secondary N) is 1. The zero-order chi connectivity index (χ0) is 27.9. The first-order valence-corrected chi connectivity index (χ1v) is 13.9. The molecule has 0 atom stereocenters. The third-order valence-corrected chi connectivity index (χ3v) is 7.03. The number of nitrogens with zero attached hydrogens (tertiary/aromatic N) is 5. The molecule has 0 radical (unpaired) electrons. The lowest BCUT2D eigenvalue weighted by atomic mass is 10.0. The molecule has 11 nitrogen and oxygen atoms in total. The largest absolute Gasteiger partial charge is 0.481 e. The van der Waals surface area contributed by atoms with Gasteiger partial charge in [0.2, 0.25) is 0 Å². The van der Waals surface area contributed by atoms with Crippen molar-refractivity contribution in [3.05, 3.63) is 45.9 Å². The molecule has 1 saturated heterocycles. The number of rotatable bonds is 15. The third-order valence-electron chi connectivity index (χ3n) is 7.03. The molecule has 39 heavy (non-hydrogen) atoms. The van der Waals surface area contributed by atoms with Crippen molar-refractivity contribution in [2.75, 3.05) is 38.5 Å². The summed E-state index contributed by atoms with van der Waals surface area (Å²) >= 11 is 0. The quantitative estimate of drug-likeness (QED) is 0.248. The van der Waals surface area contributed by atoms with Crippen molar-refractivity contribution >= 4 is 23.0 Å². The number of aromatic amines is 1. The van der Waals surface area contributed by atoms with Crippen LogP contribution in [0, 0.1) is 5.92 Å². The summed E-state index contributed by atoms with van der Waals surface area (Å²) in [6.45, 7) is 12.2. The maximum absolute atomic E-state index is 12.8. The highest BCUT2D eigenvalue weighted by molar-refractivity contribution is 5.81. The number of hydrogen-bond acceptors (Lipinski definition) is 8. The monoisotopic (exact) mass is 539 g/mol. The molecule has 11 heteroatoms. The zero-order valence-electron chi connectivity index (χ0n) is 23.2. The number of fused-ring (bicyclic) bond motifs is 1. The van der Waals surface area contributed by atoms with Gasteiger partial charge in [-0.2, -0.15) is 9.97 Å². The van der Waals surface area contributed by atoms with Gasteiger partial charge in [0.1, 0.15) is 5.52 Å². The number of carboxylic acid groups (broad SMARTS) is 1. The number of nitrogens with two attached hydrogens (primary N) is 1. The van der Waals surface area contributed by atoms with Gasteiger partial charge in [0.25, 0.3) is 0 Å². The summed E-state index contributed by atoms with van der Waals surface area (Å²) in [7, 11) is 0. The number of unbranched alkanes of at least 4 members (excludes halogenated alkanes) is 1. The molecular formula is C28H41N7O4. The lowest BCUT2D eigenvalue weighted by Crippen LogP contribution is -2.59. The molecule has 0 amide bonds. The number of aryl methyl sites for hydroxylation is 1. The molecular weight excluding hydrogens is 498 g/mol. The van der Waals surface area contributed by atoms with Crippen LogP contribution < -0.4 is 16.2 Å². The van der Waals surface area contributed by atoms with Crippen molar-refractivity contribution in [2.45, 2.75) is 65.6 Å². The highest BCUT2D eigenvalue weighted by Gasteiger charge is 2.31. The number of ether oxygens (including phenoxy) is 1. The Morgan fingerprint density at radius 1 is 1.21 bits per heavy atom. The van der Waals surface area contributed by atoms with Crippen molar-refractivity contribution in [1.29, 1.82) is 0 Å². The van der Waals surface area contributed by atoms with Crippen LogP contribution in [0.5, 0.6) is 6.01 Å². The van der Waals surface area contributed by atoms with Crippen LogP contribution in [0.15, 0.2) is 29.1 Å². The summed E-state index contributed by atoms with van der Waals surface area (Å²) in [4.78, 5) is 40.2. The van der Waals surface area contributed by atoms with Gasteiger partial charge in [0.05, 0.1) is 13.0 Å². The molecule has 0 aliphatic carbocycles. The molecule has 1 aliphatic heterocycles. The number of likely N-dealkylation sites (tertiary alicyclic amines) is 1. The van der Waals surface area contributed by atoms with Crippen molar-refractivity contribution < 1.29 is 14.6 Å². The highest BCUT2D eigenvalue weighted by Crippen LogP contribution is 2.21. The molecule has 1 fully saturated rings. The van der Waals surface area contributed by atoms with Gasteiger partial charge in [-0.05, 0) is 29.9 Å². The minimum Gasteiger partial charge on any atom is -0.481 e. The second-order valence-corrected chi connectivity index (χ2v) is 10.9. The summed E-state index contributed by atoms with van der Waals surface area (Å²) in [6.07, 6.45) is 2.65. The van der Waals surface area contributed by atoms with Crippen LogP contribution >= 0.6 is 0 Å². The molecule has 2 aromatic heterocycles. The van der Waals surface area contributed by atoms with Crippen molar-refractivity contribution in [3.63, 3.8) is 0 Å². The number of aliphatic carboxylic acids is 1. The van der Waals surface area contributed by atoms with Crippen LogP contribution in [-0.4, -0.2) is 79.2 Å². The van der Waals surface area contributed by atoms with Gasteiger partial charge in [0.15, 0.2) is 11.5 Å². The zero-order valence-corrected chi connectivity index (χ0v) is 23.2. The fourth-order valence-corrected chi connectivity index (χ4v) is 5.04. The Morgan fingerprint density at radius 3 is 2.59 bits per heavy atom. The summed E-state index contributed by atoms with van der Waals surface area (Å²) in [5, 5.41) is 9.06. The number of anilines is 1. The Kier molecular flexibility index (Phi) is 9.58. The Morgan fingerprint density at radius 2 is 1.92 bits per heavy atom. The van der Waals surface area contributed by atoms with Crippen LogP contribution in [-0.2, 0) is 24.3 Å². The minimum atomic E-state index is -0.830. The average molecular weight is 540 g/mol. The summed E-state index contributed by atoms with van der Waals surface area (Å²) in [5.74, 6) is -0.00138. The molecule has 3 heterocycles. The Bertz CT molecular complexity index is 1300. The summed E-state index contributed by atoms with van der Waals surface area (Å²) in [5.41, 5.74) is 8.67. The maximum atomic E-state index is 12.8. The number of H-pyrrole nitrogens is 1. The molecule has 0 spiro atoms. The molecule has 4 N–H and O–H groups in total. The molecule has 0 saturated carbocycles. The van der Waals surface area contributed by atoms with E-state index in [0.29, 0.717) is 36.3 Å². The Hall–Kier alpha value is -3.44. The van der Waals surface area contributed by atoms with Gasteiger partial charge in [-0.15, -0.1) is 0 Å². The van der Waals surface area contributed by atoms with Gasteiger partial charge < -0.3 is 20.6 Å². The second kappa shape index (κ2) is 13.1. The standard InChI is InChI=1S/C28H41N7O4/c1-4-5-13-39-27-31-25(29)24-26(32-27)35(28(38)30-24)12-6-11-34(22-17-33(18-22)15-19(2)3)16-21-9-7-20(8-10-21)14-23(36)37/h7-10,19,22H,4-6,11-18H2,1-3H3,(H,30,38)(H,36,37)(H2,29,31,32). The van der Waals surface area contributed by atoms with Crippen LogP contribution in [0.2, 0.25) is 0 Å². The van der Waals surface area contributed by atoms with E-state index in [-0.39, 0.29) is 23.9 Å². The van der Waals surface area contributed by atoms with Crippen molar-refractivity contribution in [1.82, 2.24) is 29.3 Å². The first kappa shape index (κ1) is 28.6. The fourth-order valence-electron chi connectivity index (χ4n) is 5.04. The van der Waals surface area contributed by atoms with Gasteiger partial charge in [0, 0.05) is 45.3 Å². The molecule has 3 aromatic rings. The predicted octanol–water partition coefficient (Wildman–Crippen LogP) is 2.74. The number of nitrogen functional groups attached to an aromatic ring is 1. The number of aromatic nitrogens is 4. The molecule has 1 aromatic carbocycles. The number of benzene rings is 1. The maximum Gasteiger partial charge on any atom is 0.327 e. The van der Waals surface area contributed by atoms with Crippen molar-refractivity contribution in [3.8, 4) is 6.01 Å². The van der Waals surface area contributed by atoms with Gasteiger partial charge in [-0.25, -0.2) is 4.79 Å². The number of carboxylic acids is 1. The molecule has 4 rings (SSSR count). The van der Waals surface area contributed by atoms with Gasteiger partial charge in [-0.1, -0.05) is 51.5 Å². The van der Waals surface area contributed by atoms with E-state index in [0.717, 1.165) is 63.1 Å². The SMILES string of the molecule is CCCCOc1nc(N)c2[nH]c(=O)n(CCCN(Cc3ccc(CC(=O)O)cc3)C3CN(CC(C)C)C3)c2n1. The van der Waals surface area contributed by atoms with E-state index in [1.165, 1.54) is 0 Å². The Labute approximate surface area is 229 Å². The van der Waals surface area contributed by atoms with E-state index in [1.807, 2.05) is 24.3 Å². The molecule has 0 bridgehead atoms. The van der Waals surface area contributed by atoms with Crippen molar-refractivity contribution in [2.24, 2.45) is 5.92 Å². The third kappa shape index (κ3) is 7.57.